The van der Waals surface area contributed by atoms with Crippen molar-refractivity contribution in [3.05, 3.63) is 89.6 Å². The Hall–Kier alpha value is -2.88. The molecule has 0 radical (unpaired) electrons. The first kappa shape index (κ1) is 16.0. The van der Waals surface area contributed by atoms with Crippen molar-refractivity contribution in [2.45, 2.75) is 6.18 Å². The average Bonchev–Trinajstić information content (AvgIpc) is 2.61. The molecule has 3 aromatic rings. The predicted octanol–water partition coefficient (Wildman–Crippen LogP) is 5.94. The highest BCUT2D eigenvalue weighted by Gasteiger charge is 2.31. The molecule has 0 saturated heterocycles. The third-order valence-corrected chi connectivity index (χ3v) is 3.58. The molecule has 0 aliphatic heterocycles. The Morgan fingerprint density at radius 2 is 1.54 bits per heavy atom. The van der Waals surface area contributed by atoms with Gasteiger partial charge in [0.2, 0.25) is 0 Å². The van der Waals surface area contributed by atoms with Gasteiger partial charge in [-0.15, -0.1) is 0 Å². The maximum absolute atomic E-state index is 13.0. The van der Waals surface area contributed by atoms with E-state index in [9.17, 15) is 13.2 Å². The van der Waals surface area contributed by atoms with Crippen LogP contribution >= 0.6 is 0 Å². The molecule has 120 valence electrons. The van der Waals surface area contributed by atoms with Crippen molar-refractivity contribution in [3.63, 3.8) is 0 Å². The number of pyridine rings is 1. The molecule has 0 aliphatic rings. The van der Waals surface area contributed by atoms with Crippen LogP contribution in [0, 0.1) is 0 Å². The molecule has 0 unspecified atom stereocenters. The summed E-state index contributed by atoms with van der Waals surface area (Å²) < 4.78 is 39.1. The average molecular weight is 325 g/mol. The minimum Gasteiger partial charge on any atom is -0.256 e. The Balaban J connectivity index is 2.07. The fraction of sp³-hybridized carbons (Fsp3) is 0.0500. The Kier molecular flexibility index (Phi) is 4.47. The number of alkyl halides is 3. The zero-order chi connectivity index (χ0) is 17.0. The Labute approximate surface area is 138 Å². The quantitative estimate of drug-likeness (QED) is 0.543. The molecule has 0 saturated carbocycles. The van der Waals surface area contributed by atoms with E-state index in [1.54, 1.807) is 30.5 Å². The van der Waals surface area contributed by atoms with E-state index in [-0.39, 0.29) is 0 Å². The lowest BCUT2D eigenvalue weighted by Gasteiger charge is -2.11. The van der Waals surface area contributed by atoms with Crippen molar-refractivity contribution in [1.29, 1.82) is 0 Å². The van der Waals surface area contributed by atoms with Crippen molar-refractivity contribution in [2.75, 3.05) is 0 Å². The van der Waals surface area contributed by atoms with Crippen LogP contribution in [0.25, 0.3) is 23.4 Å². The molecule has 3 rings (SSSR count). The molecule has 0 atom stereocenters. The summed E-state index contributed by atoms with van der Waals surface area (Å²) in [5, 5.41) is 0. The number of benzene rings is 2. The molecule has 24 heavy (non-hydrogen) atoms. The molecule has 0 bridgehead atoms. The van der Waals surface area contributed by atoms with Crippen molar-refractivity contribution < 1.29 is 13.2 Å². The van der Waals surface area contributed by atoms with E-state index in [0.717, 1.165) is 17.7 Å². The van der Waals surface area contributed by atoms with Crippen LogP contribution in [0.3, 0.4) is 0 Å². The van der Waals surface area contributed by atoms with Crippen LogP contribution in [-0.2, 0) is 6.18 Å². The lowest BCUT2D eigenvalue weighted by atomic mass is 9.99. The van der Waals surface area contributed by atoms with Crippen LogP contribution in [0.15, 0.2) is 72.9 Å². The molecule has 0 amide bonds. The molecule has 0 spiro atoms. The van der Waals surface area contributed by atoms with Crippen LogP contribution in [0.2, 0.25) is 0 Å². The molecule has 2 aromatic carbocycles. The number of rotatable bonds is 3. The number of nitrogens with zero attached hydrogens (tertiary/aromatic N) is 1. The lowest BCUT2D eigenvalue weighted by molar-refractivity contribution is -0.137. The molecule has 4 heteroatoms. The van der Waals surface area contributed by atoms with Gasteiger partial charge in [-0.05, 0) is 35.4 Å². The first-order chi connectivity index (χ1) is 11.5. The third-order valence-electron chi connectivity index (χ3n) is 3.58. The number of hydrogen-bond acceptors (Lipinski definition) is 1. The monoisotopic (exact) mass is 325 g/mol. The molecule has 1 heterocycles. The fourth-order valence-corrected chi connectivity index (χ4v) is 2.37. The second-order valence-electron chi connectivity index (χ2n) is 5.26. The van der Waals surface area contributed by atoms with Gasteiger partial charge in [-0.3, -0.25) is 4.98 Å². The summed E-state index contributed by atoms with van der Waals surface area (Å²) >= 11 is 0. The van der Waals surface area contributed by atoms with E-state index < -0.39 is 11.7 Å². The molecule has 0 aliphatic carbocycles. The van der Waals surface area contributed by atoms with Crippen LogP contribution < -0.4 is 0 Å². The van der Waals surface area contributed by atoms with Crippen molar-refractivity contribution in [3.8, 4) is 11.3 Å². The van der Waals surface area contributed by atoms with E-state index in [4.69, 9.17) is 0 Å². The summed E-state index contributed by atoms with van der Waals surface area (Å²) in [4.78, 5) is 4.19. The van der Waals surface area contributed by atoms with Gasteiger partial charge in [0, 0.05) is 11.8 Å². The Morgan fingerprint density at radius 1 is 0.792 bits per heavy atom. The van der Waals surface area contributed by atoms with Crippen LogP contribution in [0.1, 0.15) is 16.7 Å². The summed E-state index contributed by atoms with van der Waals surface area (Å²) in [6.07, 6.45) is 0.861. The number of hydrogen-bond donors (Lipinski definition) is 0. The fourth-order valence-electron chi connectivity index (χ4n) is 2.37. The van der Waals surface area contributed by atoms with E-state index in [1.165, 1.54) is 6.07 Å². The van der Waals surface area contributed by atoms with E-state index >= 15 is 0 Å². The second kappa shape index (κ2) is 6.71. The van der Waals surface area contributed by atoms with Crippen LogP contribution in [-0.4, -0.2) is 4.98 Å². The highest BCUT2D eigenvalue weighted by Crippen LogP contribution is 2.34. The summed E-state index contributed by atoms with van der Waals surface area (Å²) in [7, 11) is 0. The smallest absolute Gasteiger partial charge is 0.256 e. The number of aromatic nitrogens is 1. The van der Waals surface area contributed by atoms with E-state index in [1.807, 2.05) is 36.4 Å². The normalized spacial score (nSPS) is 11.8. The predicted molar refractivity (Wildman–Crippen MR) is 90.0 cm³/mol. The molecule has 0 N–H and O–H groups in total. The third kappa shape index (κ3) is 3.71. The van der Waals surface area contributed by atoms with E-state index in [2.05, 4.69) is 4.98 Å². The first-order valence-corrected chi connectivity index (χ1v) is 7.40. The van der Waals surface area contributed by atoms with Gasteiger partial charge in [0.1, 0.15) is 0 Å². The standard InChI is InChI=1S/C20H14F3N/c21-20(22,23)17-12-11-16(10-9-15-6-2-1-3-7-15)18(14-17)19-8-4-5-13-24-19/h1-14H/b10-9+. The minimum absolute atomic E-state index is 0.456. The Bertz CT molecular complexity index is 838. The van der Waals surface area contributed by atoms with Gasteiger partial charge >= 0.3 is 6.18 Å². The highest BCUT2D eigenvalue weighted by atomic mass is 19.4. The SMILES string of the molecule is FC(F)(F)c1ccc(/C=C/c2ccccc2)c(-c2ccccn2)c1. The van der Waals surface area contributed by atoms with Gasteiger partial charge in [-0.1, -0.05) is 54.6 Å². The summed E-state index contributed by atoms with van der Waals surface area (Å²) in [5.74, 6) is 0. The topological polar surface area (TPSA) is 12.9 Å². The maximum atomic E-state index is 13.0. The molecular formula is C20H14F3N. The van der Waals surface area contributed by atoms with Crippen LogP contribution in [0.5, 0.6) is 0 Å². The number of halogens is 3. The zero-order valence-corrected chi connectivity index (χ0v) is 12.7. The van der Waals surface area contributed by atoms with Crippen molar-refractivity contribution in [1.82, 2.24) is 4.98 Å². The molecule has 1 nitrogen and oxygen atoms in total. The van der Waals surface area contributed by atoms with Crippen molar-refractivity contribution >= 4 is 12.2 Å². The summed E-state index contributed by atoms with van der Waals surface area (Å²) in [6, 6.07) is 18.5. The summed E-state index contributed by atoms with van der Waals surface area (Å²) in [5.41, 5.74) is 1.95. The van der Waals surface area contributed by atoms with Gasteiger partial charge < -0.3 is 0 Å². The van der Waals surface area contributed by atoms with Crippen molar-refractivity contribution in [2.24, 2.45) is 0 Å². The van der Waals surface area contributed by atoms with Gasteiger partial charge in [0.25, 0.3) is 0 Å². The van der Waals surface area contributed by atoms with E-state index in [0.29, 0.717) is 16.8 Å². The van der Waals surface area contributed by atoms with Gasteiger partial charge in [0.15, 0.2) is 0 Å². The largest absolute Gasteiger partial charge is 0.416 e. The Morgan fingerprint density at radius 3 is 2.21 bits per heavy atom. The zero-order valence-electron chi connectivity index (χ0n) is 12.7. The lowest BCUT2D eigenvalue weighted by Crippen LogP contribution is -2.05. The molecule has 0 fully saturated rings. The van der Waals surface area contributed by atoms with Crippen LogP contribution in [0.4, 0.5) is 13.2 Å². The molecular weight excluding hydrogens is 311 g/mol. The first-order valence-electron chi connectivity index (χ1n) is 7.40. The van der Waals surface area contributed by atoms with Gasteiger partial charge in [-0.25, -0.2) is 0 Å². The second-order valence-corrected chi connectivity index (χ2v) is 5.26. The summed E-state index contributed by atoms with van der Waals surface area (Å²) in [6.45, 7) is 0. The minimum atomic E-state index is -4.38. The highest BCUT2D eigenvalue weighted by molar-refractivity contribution is 5.80. The van der Waals surface area contributed by atoms with Gasteiger partial charge in [-0.2, -0.15) is 13.2 Å². The maximum Gasteiger partial charge on any atom is 0.416 e. The van der Waals surface area contributed by atoms with Gasteiger partial charge in [0.05, 0.1) is 11.3 Å². The molecule has 1 aromatic heterocycles.